The van der Waals surface area contributed by atoms with Gasteiger partial charge in [0.2, 0.25) is 0 Å². The van der Waals surface area contributed by atoms with Crippen LogP contribution in [0.25, 0.3) is 27.5 Å². The van der Waals surface area contributed by atoms with Crippen LogP contribution in [-0.2, 0) is 0 Å². The van der Waals surface area contributed by atoms with Crippen LogP contribution in [0.15, 0.2) is 72.7 Å². The highest BCUT2D eigenvalue weighted by Crippen LogP contribution is 2.31. The molecule has 0 aliphatic rings. The number of benzene rings is 3. The summed E-state index contributed by atoms with van der Waals surface area (Å²) in [6, 6.07) is 10.3. The van der Waals surface area contributed by atoms with E-state index in [0.717, 1.165) is 10.8 Å². The highest BCUT2D eigenvalue weighted by atomic mass is 16.4. The summed E-state index contributed by atoms with van der Waals surface area (Å²) in [5, 5.41) is 20.7. The lowest BCUT2D eigenvalue weighted by Crippen LogP contribution is -2.29. The number of fused-ring (bicyclic) bond motifs is 3. The van der Waals surface area contributed by atoms with Crippen molar-refractivity contribution >= 4 is 34.4 Å². The Bertz CT molecular complexity index is 1190. The third kappa shape index (κ3) is 1.93. The Kier molecular flexibility index (Phi) is 2.00. The van der Waals surface area contributed by atoms with E-state index in [1.165, 1.54) is 0 Å². The van der Waals surface area contributed by atoms with Gasteiger partial charge < -0.3 is 14.6 Å². The Labute approximate surface area is 135 Å². The second kappa shape index (κ2) is 5.02. The van der Waals surface area contributed by atoms with Gasteiger partial charge in [-0.15, -0.1) is 0 Å². The van der Waals surface area contributed by atoms with Gasteiger partial charge in [-0.1, -0.05) is 48.5 Å². The smallest absolute Gasteiger partial charge is 0.423 e. The topological polar surface area (TPSA) is 45.4 Å². The molecule has 1 aromatic heterocycles. The third-order valence-electron chi connectivity index (χ3n) is 3.71. The Balaban J connectivity index is 2.24. The van der Waals surface area contributed by atoms with Crippen LogP contribution in [0.3, 0.4) is 0 Å². The predicted octanol–water partition coefficient (Wildman–Crippen LogP) is 2.46. The molecule has 0 spiro atoms. The number of hydrogen-bond acceptors (Lipinski definition) is 2. The minimum Gasteiger partial charge on any atom is -0.423 e. The maximum absolute atomic E-state index is 9.54. The molecule has 0 fully saturated rings. The van der Waals surface area contributed by atoms with Crippen molar-refractivity contribution in [3.63, 3.8) is 0 Å². The first-order valence-electron chi connectivity index (χ1n) is 9.29. The molecule has 2 N–H and O–H groups in total. The number of rotatable bonds is 2. The summed E-state index contributed by atoms with van der Waals surface area (Å²) < 4.78 is 41.9. The molecule has 4 rings (SSSR count). The lowest BCUT2D eigenvalue weighted by molar-refractivity contribution is 0.426. The molecular formula is C18H14BNO2. The second-order valence-electron chi connectivity index (χ2n) is 4.98. The average Bonchev–Trinajstić information content (AvgIpc) is 2.99. The summed E-state index contributed by atoms with van der Waals surface area (Å²) in [6.45, 7) is 0. The molecule has 106 valence electrons. The minimum atomic E-state index is -1.68. The molecule has 4 heteroatoms. The molecule has 0 unspecified atom stereocenters. The first-order valence-corrected chi connectivity index (χ1v) is 6.79. The largest absolute Gasteiger partial charge is 0.488 e. The maximum Gasteiger partial charge on any atom is 0.488 e. The Morgan fingerprint density at radius 2 is 1.59 bits per heavy atom. The fourth-order valence-corrected chi connectivity index (χ4v) is 2.74. The van der Waals surface area contributed by atoms with Crippen LogP contribution in [0.2, 0.25) is 0 Å². The molecular weight excluding hydrogens is 273 g/mol. The summed E-state index contributed by atoms with van der Waals surface area (Å²) in [7, 11) is -1.68. The van der Waals surface area contributed by atoms with Gasteiger partial charge in [0.15, 0.2) is 0 Å². The molecule has 1 heterocycles. The van der Waals surface area contributed by atoms with Gasteiger partial charge in [0.05, 0.1) is 17.9 Å². The highest BCUT2D eigenvalue weighted by Gasteiger charge is 2.16. The van der Waals surface area contributed by atoms with Crippen molar-refractivity contribution in [1.29, 1.82) is 0 Å². The van der Waals surface area contributed by atoms with E-state index in [1.807, 2.05) is 12.1 Å². The van der Waals surface area contributed by atoms with Crippen molar-refractivity contribution < 1.29 is 16.9 Å². The molecule has 0 bridgehead atoms. The fourth-order valence-electron chi connectivity index (χ4n) is 2.74. The molecule has 0 radical (unpaired) electrons. The van der Waals surface area contributed by atoms with E-state index >= 15 is 0 Å². The van der Waals surface area contributed by atoms with E-state index in [0.29, 0.717) is 11.0 Å². The molecule has 22 heavy (non-hydrogen) atoms. The first-order chi connectivity index (χ1) is 12.8. The predicted molar refractivity (Wildman–Crippen MR) is 90.6 cm³/mol. The summed E-state index contributed by atoms with van der Waals surface area (Å²) >= 11 is 0. The Morgan fingerprint density at radius 1 is 0.864 bits per heavy atom. The van der Waals surface area contributed by atoms with Crippen LogP contribution in [0, 0.1) is 0 Å². The van der Waals surface area contributed by atoms with Crippen LogP contribution >= 0.6 is 0 Å². The van der Waals surface area contributed by atoms with Gasteiger partial charge in [-0.3, -0.25) is 0 Å². The SMILES string of the molecule is [2H]c1c([2H])c([2H])c(-n2c3ccccc3c3ccc(B(O)O)cc32)c([2H])c1[2H]. The summed E-state index contributed by atoms with van der Waals surface area (Å²) in [6.07, 6.45) is 0. The van der Waals surface area contributed by atoms with Gasteiger partial charge in [0.1, 0.15) is 0 Å². The Morgan fingerprint density at radius 3 is 2.36 bits per heavy atom. The summed E-state index contributed by atoms with van der Waals surface area (Å²) in [5.74, 6) is 0. The zero-order chi connectivity index (χ0) is 19.5. The van der Waals surface area contributed by atoms with E-state index in [-0.39, 0.29) is 23.2 Å². The lowest BCUT2D eigenvalue weighted by atomic mass is 9.80. The van der Waals surface area contributed by atoms with E-state index in [4.69, 9.17) is 6.85 Å². The second-order valence-corrected chi connectivity index (χ2v) is 4.98. The molecule has 0 saturated carbocycles. The fraction of sp³-hybridized carbons (Fsp3) is 0. The number of hydrogen-bond donors (Lipinski definition) is 2. The van der Waals surface area contributed by atoms with E-state index < -0.39 is 25.2 Å². The van der Waals surface area contributed by atoms with Crippen molar-refractivity contribution in [1.82, 2.24) is 4.57 Å². The maximum atomic E-state index is 9.54. The normalized spacial score (nSPS) is 14.4. The zero-order valence-corrected chi connectivity index (χ0v) is 11.5. The lowest BCUT2D eigenvalue weighted by Gasteiger charge is -2.08. The quantitative estimate of drug-likeness (QED) is 0.557. The summed E-state index contributed by atoms with van der Waals surface area (Å²) in [5.41, 5.74) is 1.46. The van der Waals surface area contributed by atoms with Gasteiger partial charge >= 0.3 is 7.12 Å². The average molecular weight is 292 g/mol. The number of nitrogens with zero attached hydrogens (tertiary/aromatic N) is 1. The van der Waals surface area contributed by atoms with Crippen LogP contribution < -0.4 is 5.46 Å². The monoisotopic (exact) mass is 292 g/mol. The van der Waals surface area contributed by atoms with Crippen molar-refractivity contribution in [3.05, 3.63) is 72.7 Å². The first kappa shape index (κ1) is 8.78. The molecule has 0 amide bonds. The van der Waals surface area contributed by atoms with Crippen LogP contribution in [0.1, 0.15) is 6.85 Å². The van der Waals surface area contributed by atoms with Gasteiger partial charge in [-0.25, -0.2) is 0 Å². The van der Waals surface area contributed by atoms with Crippen LogP contribution in [0.5, 0.6) is 0 Å². The molecule has 0 aliphatic heterocycles. The standard InChI is InChI=1S/C18H14BNO2/c21-19(22)13-10-11-16-15-8-4-5-9-17(15)20(18(16)12-13)14-6-2-1-3-7-14/h1-12,21-22H/i1D,2D,3D,6D,7D. The van der Waals surface area contributed by atoms with Gasteiger partial charge in [0.25, 0.3) is 0 Å². The molecule has 3 nitrogen and oxygen atoms in total. The van der Waals surface area contributed by atoms with E-state index in [9.17, 15) is 10.0 Å². The van der Waals surface area contributed by atoms with Crippen molar-refractivity contribution in [2.45, 2.75) is 0 Å². The number of aromatic nitrogens is 1. The molecule has 0 saturated heterocycles. The van der Waals surface area contributed by atoms with Crippen LogP contribution in [0.4, 0.5) is 0 Å². The Hall–Kier alpha value is -2.56. The molecule has 0 atom stereocenters. The third-order valence-corrected chi connectivity index (χ3v) is 3.71. The van der Waals surface area contributed by atoms with Gasteiger partial charge in [-0.05, 0) is 29.7 Å². The van der Waals surface area contributed by atoms with Gasteiger partial charge in [-0.2, -0.15) is 0 Å². The van der Waals surface area contributed by atoms with E-state index in [1.54, 1.807) is 34.9 Å². The van der Waals surface area contributed by atoms with Crippen molar-refractivity contribution in [3.8, 4) is 5.69 Å². The highest BCUT2D eigenvalue weighted by molar-refractivity contribution is 6.59. The molecule has 0 aliphatic carbocycles. The van der Waals surface area contributed by atoms with Crippen LogP contribution in [-0.4, -0.2) is 21.7 Å². The summed E-state index contributed by atoms with van der Waals surface area (Å²) in [4.78, 5) is 0. The molecule has 4 aromatic rings. The minimum absolute atomic E-state index is 0.0248. The van der Waals surface area contributed by atoms with Gasteiger partial charge in [0, 0.05) is 16.5 Å². The van der Waals surface area contributed by atoms with E-state index in [2.05, 4.69) is 0 Å². The van der Waals surface area contributed by atoms with Crippen molar-refractivity contribution in [2.24, 2.45) is 0 Å². The molecule has 3 aromatic carbocycles. The van der Waals surface area contributed by atoms with Crippen molar-refractivity contribution in [2.75, 3.05) is 0 Å². The number of para-hydroxylation sites is 2. The zero-order valence-electron chi connectivity index (χ0n) is 16.5.